The van der Waals surface area contributed by atoms with Gasteiger partial charge in [-0.15, -0.1) is 0 Å². The highest BCUT2D eigenvalue weighted by Crippen LogP contribution is 2.39. The smallest absolute Gasteiger partial charge is 0.235 e. The number of aromatic nitrogens is 5. The molecule has 0 atom stereocenters. The first-order valence-electron chi connectivity index (χ1n) is 21.2. The van der Waals surface area contributed by atoms with Crippen LogP contribution in [-0.2, 0) is 0 Å². The maximum Gasteiger partial charge on any atom is 0.235 e. The first-order valence-corrected chi connectivity index (χ1v) is 21.2. The van der Waals surface area contributed by atoms with Crippen molar-refractivity contribution in [3.63, 3.8) is 0 Å². The highest BCUT2D eigenvalue weighted by molar-refractivity contribution is 6.12. The normalized spacial score (nSPS) is 11.8. The van der Waals surface area contributed by atoms with Crippen LogP contribution in [0.1, 0.15) is 0 Å². The summed E-state index contributed by atoms with van der Waals surface area (Å²) >= 11 is 0. The molecule has 0 saturated heterocycles. The fourth-order valence-corrected chi connectivity index (χ4v) is 9.45. The Labute approximate surface area is 361 Å². The van der Waals surface area contributed by atoms with Gasteiger partial charge in [-0.1, -0.05) is 133 Å². The molecule has 0 N–H and O–H groups in total. The molecule has 0 aliphatic carbocycles. The van der Waals surface area contributed by atoms with E-state index in [9.17, 15) is 0 Å². The van der Waals surface area contributed by atoms with Crippen LogP contribution in [0.4, 0.5) is 0 Å². The number of furan rings is 1. The highest BCUT2D eigenvalue weighted by atomic mass is 16.3. The zero-order valence-corrected chi connectivity index (χ0v) is 33.9. The molecule has 13 aromatic rings. The Balaban J connectivity index is 0.961. The van der Waals surface area contributed by atoms with Gasteiger partial charge in [0.1, 0.15) is 11.1 Å². The van der Waals surface area contributed by atoms with Gasteiger partial charge in [0.2, 0.25) is 5.95 Å². The van der Waals surface area contributed by atoms with Gasteiger partial charge in [-0.05, 0) is 95.1 Å². The summed E-state index contributed by atoms with van der Waals surface area (Å²) in [6, 6.07) is 72.8. The van der Waals surface area contributed by atoms with Crippen LogP contribution in [0.15, 0.2) is 217 Å². The summed E-state index contributed by atoms with van der Waals surface area (Å²) in [5, 5.41) is 5.73. The molecule has 13 rings (SSSR count). The summed E-state index contributed by atoms with van der Waals surface area (Å²) in [7, 11) is 0. The van der Waals surface area contributed by atoms with Gasteiger partial charge < -0.3 is 8.98 Å². The van der Waals surface area contributed by atoms with E-state index in [1.54, 1.807) is 0 Å². The summed E-state index contributed by atoms with van der Waals surface area (Å²) in [5.74, 6) is 0.636. The van der Waals surface area contributed by atoms with Crippen molar-refractivity contribution in [3.05, 3.63) is 212 Å². The lowest BCUT2D eigenvalue weighted by molar-refractivity contribution is 0.668. The minimum Gasteiger partial charge on any atom is -0.454 e. The van der Waals surface area contributed by atoms with E-state index in [-0.39, 0.29) is 0 Å². The molecule has 6 nitrogen and oxygen atoms in total. The molecular weight excluding hydrogens is 771 g/mol. The van der Waals surface area contributed by atoms with Gasteiger partial charge in [0, 0.05) is 49.9 Å². The summed E-state index contributed by atoms with van der Waals surface area (Å²) in [4.78, 5) is 15.1. The number of hydrogen-bond acceptors (Lipinski definition) is 4. The second kappa shape index (κ2) is 14.0. The molecule has 294 valence electrons. The summed E-state index contributed by atoms with van der Waals surface area (Å²) in [5.41, 5.74) is 16.4. The molecule has 0 amide bonds. The topological polar surface area (TPSA) is 61.7 Å². The number of benzene rings is 8. The largest absolute Gasteiger partial charge is 0.454 e. The molecule has 8 aromatic carbocycles. The molecule has 0 spiro atoms. The fourth-order valence-electron chi connectivity index (χ4n) is 9.45. The lowest BCUT2D eigenvalue weighted by Gasteiger charge is -2.12. The predicted octanol–water partition coefficient (Wildman–Crippen LogP) is 14.6. The van der Waals surface area contributed by atoms with Crippen LogP contribution in [0, 0.1) is 0 Å². The first kappa shape index (κ1) is 35.2. The van der Waals surface area contributed by atoms with E-state index in [1.807, 2.05) is 30.5 Å². The van der Waals surface area contributed by atoms with Crippen LogP contribution >= 0.6 is 0 Å². The van der Waals surface area contributed by atoms with Crippen LogP contribution in [0.5, 0.6) is 0 Å². The van der Waals surface area contributed by atoms with Crippen LogP contribution in [0.2, 0.25) is 0 Å². The molecule has 0 unspecified atom stereocenters. The lowest BCUT2D eigenvalue weighted by Crippen LogP contribution is -2.03. The fraction of sp³-hybridized carbons (Fsp3) is 0. The number of pyridine rings is 1. The van der Waals surface area contributed by atoms with E-state index in [1.165, 1.54) is 10.8 Å². The van der Waals surface area contributed by atoms with Crippen molar-refractivity contribution in [1.29, 1.82) is 0 Å². The molecule has 5 heterocycles. The number of para-hydroxylation sites is 2. The van der Waals surface area contributed by atoms with Gasteiger partial charge in [-0.25, -0.2) is 9.97 Å². The van der Waals surface area contributed by atoms with E-state index in [4.69, 9.17) is 14.4 Å². The Morgan fingerprint density at radius 3 is 1.67 bits per heavy atom. The monoisotopic (exact) mass is 805 g/mol. The van der Waals surface area contributed by atoms with Crippen molar-refractivity contribution in [2.24, 2.45) is 0 Å². The second-order valence-electron chi connectivity index (χ2n) is 16.1. The third kappa shape index (κ3) is 5.69. The zero-order valence-electron chi connectivity index (χ0n) is 33.9. The van der Waals surface area contributed by atoms with Crippen LogP contribution in [0.25, 0.3) is 122 Å². The van der Waals surface area contributed by atoms with Crippen LogP contribution in [-0.4, -0.2) is 24.1 Å². The SMILES string of the molecule is c1ccc(-c2cc(-c3ccccc3)nc(-n3c4ccccc4c4cc(-c5ccc6c7ccccc7n(-c7cccc(-c8ccc9oc%10cccnc%10c9c8)c7)c6c5)ccc43)n2)cc1. The lowest BCUT2D eigenvalue weighted by atomic mass is 10.0. The molecule has 0 radical (unpaired) electrons. The van der Waals surface area contributed by atoms with Crippen molar-refractivity contribution in [2.45, 2.75) is 0 Å². The number of fused-ring (bicyclic) bond motifs is 9. The van der Waals surface area contributed by atoms with E-state index < -0.39 is 0 Å². The van der Waals surface area contributed by atoms with Gasteiger partial charge in [0.25, 0.3) is 0 Å². The van der Waals surface area contributed by atoms with E-state index in [0.29, 0.717) is 5.95 Å². The first-order chi connectivity index (χ1) is 31.2. The molecule has 0 fully saturated rings. The Morgan fingerprint density at radius 1 is 0.333 bits per heavy atom. The van der Waals surface area contributed by atoms with Gasteiger partial charge in [0.05, 0.1) is 33.5 Å². The maximum absolute atomic E-state index is 6.10. The van der Waals surface area contributed by atoms with Gasteiger partial charge >= 0.3 is 0 Å². The van der Waals surface area contributed by atoms with Crippen molar-refractivity contribution < 1.29 is 4.42 Å². The Bertz CT molecular complexity index is 3860. The molecule has 0 aliphatic heterocycles. The zero-order chi connectivity index (χ0) is 41.4. The minimum absolute atomic E-state index is 0.636. The van der Waals surface area contributed by atoms with Crippen LogP contribution < -0.4 is 0 Å². The van der Waals surface area contributed by atoms with Crippen molar-refractivity contribution in [1.82, 2.24) is 24.1 Å². The second-order valence-corrected chi connectivity index (χ2v) is 16.1. The molecule has 0 bridgehead atoms. The summed E-state index contributed by atoms with van der Waals surface area (Å²) in [6.07, 6.45) is 1.82. The number of hydrogen-bond donors (Lipinski definition) is 0. The maximum atomic E-state index is 6.10. The summed E-state index contributed by atoms with van der Waals surface area (Å²) < 4.78 is 10.7. The van der Waals surface area contributed by atoms with Gasteiger partial charge in [0.15, 0.2) is 5.58 Å². The van der Waals surface area contributed by atoms with E-state index in [0.717, 1.165) is 105 Å². The van der Waals surface area contributed by atoms with E-state index >= 15 is 0 Å². The Kier molecular flexibility index (Phi) is 7.80. The molecule has 0 aliphatic rings. The Morgan fingerprint density at radius 2 is 0.905 bits per heavy atom. The van der Waals surface area contributed by atoms with Crippen molar-refractivity contribution in [2.75, 3.05) is 0 Å². The number of nitrogens with zero attached hydrogens (tertiary/aromatic N) is 5. The molecule has 6 heteroatoms. The molecule has 63 heavy (non-hydrogen) atoms. The number of rotatable bonds is 6. The molecule has 5 aromatic heterocycles. The van der Waals surface area contributed by atoms with Crippen molar-refractivity contribution >= 4 is 65.7 Å². The quantitative estimate of drug-likeness (QED) is 0.168. The molecule has 0 saturated carbocycles. The van der Waals surface area contributed by atoms with Gasteiger partial charge in [-0.2, -0.15) is 0 Å². The van der Waals surface area contributed by atoms with E-state index in [2.05, 4.69) is 196 Å². The predicted molar refractivity (Wildman–Crippen MR) is 258 cm³/mol. The third-order valence-electron chi connectivity index (χ3n) is 12.4. The van der Waals surface area contributed by atoms with Crippen LogP contribution in [0.3, 0.4) is 0 Å². The average molecular weight is 806 g/mol. The molecular formula is C57H35N5O. The van der Waals surface area contributed by atoms with Gasteiger partial charge in [-0.3, -0.25) is 9.55 Å². The minimum atomic E-state index is 0.636. The summed E-state index contributed by atoms with van der Waals surface area (Å²) in [6.45, 7) is 0. The average Bonchev–Trinajstić information content (AvgIpc) is 4.01. The van der Waals surface area contributed by atoms with Crippen molar-refractivity contribution in [3.8, 4) is 56.4 Å². The third-order valence-corrected chi connectivity index (χ3v) is 12.4. The highest BCUT2D eigenvalue weighted by Gasteiger charge is 2.19. The standard InChI is InChI=1S/C57H35N5O/c1-3-13-36(14-4-1)48-35-49(37-15-5-2-6-16-37)60-57(59-48)62-51-22-10-8-20-44(51)46-32-39(25-28-52(46)62)41-24-27-45-43-19-7-9-21-50(43)61(53(45)34-41)42-18-11-17-38(31-42)40-26-29-54-47(33-40)56-55(63-54)23-12-30-58-56/h1-35H. The Hall–Kier alpha value is -8.61.